The van der Waals surface area contributed by atoms with Gasteiger partial charge in [-0.25, -0.2) is 8.42 Å². The van der Waals surface area contributed by atoms with Gasteiger partial charge in [0.05, 0.1) is 19.9 Å². The Hall–Kier alpha value is -1.92. The second-order valence-corrected chi connectivity index (χ2v) is 7.45. The van der Waals surface area contributed by atoms with Gasteiger partial charge in [0.2, 0.25) is 0 Å². The van der Waals surface area contributed by atoms with Gasteiger partial charge in [-0.1, -0.05) is 31.5 Å². The zero-order chi connectivity index (χ0) is 18.6. The number of halogens is 1. The number of ether oxygens (including phenoxy) is 2. The minimum absolute atomic E-state index is 0.0124. The van der Waals surface area contributed by atoms with Crippen molar-refractivity contribution in [2.75, 3.05) is 18.9 Å². The number of anilines is 1. The summed E-state index contributed by atoms with van der Waals surface area (Å²) in [5.74, 6) is 0.671. The highest BCUT2D eigenvalue weighted by Crippen LogP contribution is 2.34. The van der Waals surface area contributed by atoms with Crippen LogP contribution in [0.15, 0.2) is 35.2 Å². The number of sulfonamides is 1. The first-order valence-electron chi connectivity index (χ1n) is 7.93. The SMILES string of the molecule is CCc1ccc(Cl)c(CC)c1NS(=O)(=O)c1cc(OC)ccc1OC. The summed E-state index contributed by atoms with van der Waals surface area (Å²) in [6.45, 7) is 3.90. The number of rotatable bonds is 7. The van der Waals surface area contributed by atoms with E-state index in [4.69, 9.17) is 21.1 Å². The monoisotopic (exact) mass is 383 g/mol. The molecule has 25 heavy (non-hydrogen) atoms. The van der Waals surface area contributed by atoms with Crippen LogP contribution >= 0.6 is 11.6 Å². The molecule has 1 N–H and O–H groups in total. The average molecular weight is 384 g/mol. The van der Waals surface area contributed by atoms with Crippen LogP contribution in [-0.4, -0.2) is 22.6 Å². The Balaban J connectivity index is 2.59. The molecule has 0 aliphatic rings. The summed E-state index contributed by atoms with van der Waals surface area (Å²) >= 11 is 6.26. The number of methoxy groups -OCH3 is 2. The molecule has 0 aromatic heterocycles. The van der Waals surface area contributed by atoms with Gasteiger partial charge in [0.15, 0.2) is 0 Å². The molecule has 0 heterocycles. The summed E-state index contributed by atoms with van der Waals surface area (Å²) in [5.41, 5.74) is 2.18. The van der Waals surface area contributed by atoms with Crippen LogP contribution in [0.5, 0.6) is 11.5 Å². The molecule has 5 nitrogen and oxygen atoms in total. The summed E-state index contributed by atoms with van der Waals surface area (Å²) < 4.78 is 39.1. The highest BCUT2D eigenvalue weighted by atomic mass is 35.5. The van der Waals surface area contributed by atoms with Crippen LogP contribution in [0.3, 0.4) is 0 Å². The van der Waals surface area contributed by atoms with E-state index in [-0.39, 0.29) is 10.6 Å². The minimum Gasteiger partial charge on any atom is -0.497 e. The third-order valence-electron chi connectivity index (χ3n) is 3.97. The first-order valence-corrected chi connectivity index (χ1v) is 9.79. The van der Waals surface area contributed by atoms with Crippen molar-refractivity contribution in [3.05, 3.63) is 46.5 Å². The Morgan fingerprint density at radius 3 is 2.32 bits per heavy atom. The van der Waals surface area contributed by atoms with Crippen molar-refractivity contribution in [3.8, 4) is 11.5 Å². The second-order valence-electron chi connectivity index (χ2n) is 5.39. The lowest BCUT2D eigenvalue weighted by atomic mass is 10.0. The fraction of sp³-hybridized carbons (Fsp3) is 0.333. The van der Waals surface area contributed by atoms with Crippen LogP contribution in [0.4, 0.5) is 5.69 Å². The Labute approximate surface area is 154 Å². The smallest absolute Gasteiger partial charge is 0.265 e. The lowest BCUT2D eigenvalue weighted by molar-refractivity contribution is 0.392. The van der Waals surface area contributed by atoms with E-state index in [1.807, 2.05) is 19.9 Å². The van der Waals surface area contributed by atoms with Gasteiger partial charge in [0, 0.05) is 11.1 Å². The molecular formula is C18H22ClNO4S. The third-order valence-corrected chi connectivity index (χ3v) is 5.70. The van der Waals surface area contributed by atoms with Crippen molar-refractivity contribution in [2.24, 2.45) is 0 Å². The number of hydrogen-bond donors (Lipinski definition) is 1. The molecule has 2 aromatic carbocycles. The lowest BCUT2D eigenvalue weighted by Crippen LogP contribution is -2.17. The van der Waals surface area contributed by atoms with Gasteiger partial charge in [-0.3, -0.25) is 4.72 Å². The molecule has 0 saturated carbocycles. The molecule has 2 rings (SSSR count). The zero-order valence-electron chi connectivity index (χ0n) is 14.7. The minimum atomic E-state index is -3.88. The van der Waals surface area contributed by atoms with Gasteiger partial charge in [-0.15, -0.1) is 0 Å². The molecule has 0 unspecified atom stereocenters. The van der Waals surface area contributed by atoms with E-state index in [1.165, 1.54) is 20.3 Å². The number of hydrogen-bond acceptors (Lipinski definition) is 4. The summed E-state index contributed by atoms with van der Waals surface area (Å²) in [5, 5.41) is 0.537. The van der Waals surface area contributed by atoms with Gasteiger partial charge >= 0.3 is 0 Å². The molecule has 0 spiro atoms. The Morgan fingerprint density at radius 2 is 1.76 bits per heavy atom. The second kappa shape index (κ2) is 7.97. The summed E-state index contributed by atoms with van der Waals surface area (Å²) in [7, 11) is -0.979. The maximum atomic E-state index is 13.0. The van der Waals surface area contributed by atoms with Crippen LogP contribution in [0.1, 0.15) is 25.0 Å². The predicted molar refractivity (Wildman–Crippen MR) is 101 cm³/mol. The summed E-state index contributed by atoms with van der Waals surface area (Å²) in [4.78, 5) is 0.0124. The van der Waals surface area contributed by atoms with Crippen molar-refractivity contribution in [1.82, 2.24) is 0 Å². The average Bonchev–Trinajstić information content (AvgIpc) is 2.61. The van der Waals surface area contributed by atoms with Crippen molar-refractivity contribution < 1.29 is 17.9 Å². The van der Waals surface area contributed by atoms with Crippen LogP contribution in [0.25, 0.3) is 0 Å². The Kier molecular flexibility index (Phi) is 6.19. The number of benzene rings is 2. The van der Waals surface area contributed by atoms with Crippen LogP contribution in [-0.2, 0) is 22.9 Å². The predicted octanol–water partition coefficient (Wildman–Crippen LogP) is 4.28. The van der Waals surface area contributed by atoms with E-state index in [2.05, 4.69) is 4.72 Å². The molecule has 0 atom stereocenters. The molecule has 0 saturated heterocycles. The molecule has 2 aromatic rings. The number of aryl methyl sites for hydroxylation is 1. The quantitative estimate of drug-likeness (QED) is 0.774. The maximum Gasteiger partial charge on any atom is 0.265 e. The first kappa shape index (κ1) is 19.4. The van der Waals surface area contributed by atoms with E-state index in [0.717, 1.165) is 11.1 Å². The van der Waals surface area contributed by atoms with E-state index < -0.39 is 10.0 Å². The molecule has 0 amide bonds. The first-order chi connectivity index (χ1) is 11.9. The normalized spacial score (nSPS) is 11.2. The molecule has 7 heteroatoms. The molecule has 0 fully saturated rings. The van der Waals surface area contributed by atoms with Crippen molar-refractivity contribution in [1.29, 1.82) is 0 Å². The van der Waals surface area contributed by atoms with Gasteiger partial charge < -0.3 is 9.47 Å². The molecule has 0 aliphatic heterocycles. The van der Waals surface area contributed by atoms with Crippen molar-refractivity contribution in [2.45, 2.75) is 31.6 Å². The summed E-state index contributed by atoms with van der Waals surface area (Å²) in [6, 6.07) is 8.27. The van der Waals surface area contributed by atoms with Crippen LogP contribution < -0.4 is 14.2 Å². The van der Waals surface area contributed by atoms with Crippen molar-refractivity contribution >= 4 is 27.3 Å². The highest BCUT2D eigenvalue weighted by molar-refractivity contribution is 7.92. The lowest BCUT2D eigenvalue weighted by Gasteiger charge is -2.18. The zero-order valence-corrected chi connectivity index (χ0v) is 16.3. The van der Waals surface area contributed by atoms with Crippen LogP contribution in [0.2, 0.25) is 5.02 Å². The van der Waals surface area contributed by atoms with Gasteiger partial charge in [0.1, 0.15) is 16.4 Å². The molecule has 0 bridgehead atoms. The highest BCUT2D eigenvalue weighted by Gasteiger charge is 2.23. The fourth-order valence-electron chi connectivity index (χ4n) is 2.62. The van der Waals surface area contributed by atoms with E-state index in [0.29, 0.717) is 29.3 Å². The number of nitrogens with one attached hydrogen (secondary N) is 1. The maximum absolute atomic E-state index is 13.0. The Morgan fingerprint density at radius 1 is 1.04 bits per heavy atom. The summed E-state index contributed by atoms with van der Waals surface area (Å²) in [6.07, 6.45) is 1.29. The molecular weight excluding hydrogens is 362 g/mol. The van der Waals surface area contributed by atoms with Gasteiger partial charge in [-0.2, -0.15) is 0 Å². The Bertz CT molecular complexity index is 866. The largest absolute Gasteiger partial charge is 0.497 e. The van der Waals surface area contributed by atoms with Gasteiger partial charge in [-0.05, 0) is 42.2 Å². The van der Waals surface area contributed by atoms with Gasteiger partial charge in [0.25, 0.3) is 10.0 Å². The van der Waals surface area contributed by atoms with E-state index >= 15 is 0 Å². The molecule has 0 aliphatic carbocycles. The van der Waals surface area contributed by atoms with E-state index in [1.54, 1.807) is 18.2 Å². The van der Waals surface area contributed by atoms with E-state index in [9.17, 15) is 8.42 Å². The molecule has 0 radical (unpaired) electrons. The molecule has 136 valence electrons. The topological polar surface area (TPSA) is 64.6 Å². The fourth-order valence-corrected chi connectivity index (χ4v) is 4.23. The third kappa shape index (κ3) is 4.02. The van der Waals surface area contributed by atoms with Crippen molar-refractivity contribution in [3.63, 3.8) is 0 Å². The van der Waals surface area contributed by atoms with Crippen LogP contribution in [0, 0.1) is 0 Å². The standard InChI is InChI=1S/C18H22ClNO4S/c1-5-12-7-9-15(19)14(6-2)18(12)20-25(21,22)17-11-13(23-3)8-10-16(17)24-4/h7-11,20H,5-6H2,1-4H3.